The highest BCUT2D eigenvalue weighted by Gasteiger charge is 2.58. The molecule has 4 aliphatic carbocycles. The lowest BCUT2D eigenvalue weighted by Gasteiger charge is -2.45. The van der Waals surface area contributed by atoms with Gasteiger partial charge in [-0.3, -0.25) is 4.79 Å². The molecule has 2 aromatic rings. The summed E-state index contributed by atoms with van der Waals surface area (Å²) in [5.41, 5.74) is 1.83. The second-order valence-corrected chi connectivity index (χ2v) is 10.0. The van der Waals surface area contributed by atoms with Crippen LogP contribution in [0.15, 0.2) is 36.4 Å². The molecule has 2 aromatic carbocycles. The van der Waals surface area contributed by atoms with Gasteiger partial charge in [0.25, 0.3) is 0 Å². The summed E-state index contributed by atoms with van der Waals surface area (Å²) in [5.74, 6) is 0.208. The molecule has 2 bridgehead atoms. The Balaban J connectivity index is 1.58. The van der Waals surface area contributed by atoms with Crippen molar-refractivity contribution in [2.75, 3.05) is 0 Å². The van der Waals surface area contributed by atoms with Gasteiger partial charge in [-0.15, -0.1) is 0 Å². The Kier molecular flexibility index (Phi) is 5.41. The Labute approximate surface area is 190 Å². The quantitative estimate of drug-likeness (QED) is 0.553. The number of hydrogen-bond acceptors (Lipinski definition) is 2. The average molecular weight is 463 g/mol. The maximum atomic E-state index is 13.6. The van der Waals surface area contributed by atoms with Crippen LogP contribution in [0.2, 0.25) is 5.02 Å². The predicted molar refractivity (Wildman–Crippen MR) is 117 cm³/mol. The fraction of sp³-hybridized carbons (Fsp3) is 0.500. The van der Waals surface area contributed by atoms with Crippen molar-refractivity contribution in [1.29, 1.82) is 0 Å². The number of alkyl halides is 3. The molecule has 6 heteroatoms. The number of aliphatic hydroxyl groups excluding tert-OH is 1. The zero-order valence-corrected chi connectivity index (χ0v) is 18.6. The summed E-state index contributed by atoms with van der Waals surface area (Å²) in [6.07, 6.45) is -0.319. The molecule has 0 saturated heterocycles. The number of carbonyl (C=O) groups excluding carboxylic acids is 1. The summed E-state index contributed by atoms with van der Waals surface area (Å²) >= 11 is 5.79. The number of benzene rings is 2. The summed E-state index contributed by atoms with van der Waals surface area (Å²) in [5, 5.41) is 11.0. The molecule has 32 heavy (non-hydrogen) atoms. The molecule has 0 radical (unpaired) electrons. The van der Waals surface area contributed by atoms with E-state index in [4.69, 9.17) is 11.6 Å². The number of Topliss-reactive ketones (excluding diaryl/α,β-unsaturated/α-hetero) is 1. The van der Waals surface area contributed by atoms with Crippen molar-refractivity contribution in [3.05, 3.63) is 58.1 Å². The second kappa shape index (κ2) is 7.88. The number of ketones is 1. The Hall–Kier alpha value is -1.85. The summed E-state index contributed by atoms with van der Waals surface area (Å²) in [4.78, 5) is 13.6. The van der Waals surface area contributed by atoms with Gasteiger partial charge in [0.2, 0.25) is 0 Å². The van der Waals surface area contributed by atoms with E-state index in [9.17, 15) is 23.1 Å². The minimum absolute atomic E-state index is 0.0146. The maximum absolute atomic E-state index is 13.6. The minimum Gasteiger partial charge on any atom is -0.392 e. The highest BCUT2D eigenvalue weighted by Crippen LogP contribution is 2.58. The summed E-state index contributed by atoms with van der Waals surface area (Å²) in [6.45, 7) is 1.99. The number of carbonyl (C=O) groups is 1. The van der Waals surface area contributed by atoms with E-state index in [2.05, 4.69) is 0 Å². The Morgan fingerprint density at radius 1 is 1.00 bits per heavy atom. The van der Waals surface area contributed by atoms with E-state index in [1.807, 2.05) is 19.1 Å². The first kappa shape index (κ1) is 22.0. The maximum Gasteiger partial charge on any atom is 0.417 e. The van der Waals surface area contributed by atoms with Crippen LogP contribution in [-0.4, -0.2) is 17.0 Å². The van der Waals surface area contributed by atoms with E-state index in [0.717, 1.165) is 42.9 Å². The summed E-state index contributed by atoms with van der Waals surface area (Å²) in [7, 11) is 0. The van der Waals surface area contributed by atoms with Crippen LogP contribution in [0.1, 0.15) is 55.2 Å². The number of hydrogen-bond donors (Lipinski definition) is 1. The van der Waals surface area contributed by atoms with E-state index in [-0.39, 0.29) is 22.6 Å². The lowest BCUT2D eigenvalue weighted by atomic mass is 9.59. The lowest BCUT2D eigenvalue weighted by Crippen LogP contribution is -2.42. The van der Waals surface area contributed by atoms with Crippen molar-refractivity contribution >= 4 is 17.4 Å². The normalized spacial score (nSPS) is 31.8. The minimum atomic E-state index is -4.55. The van der Waals surface area contributed by atoms with Gasteiger partial charge in [-0.25, -0.2) is 0 Å². The van der Waals surface area contributed by atoms with Gasteiger partial charge in [0.15, 0.2) is 0 Å². The molecule has 2 nitrogen and oxygen atoms in total. The summed E-state index contributed by atoms with van der Waals surface area (Å²) < 4.78 is 40.1. The molecule has 4 atom stereocenters. The van der Waals surface area contributed by atoms with Crippen LogP contribution in [-0.2, 0) is 17.4 Å². The molecule has 4 unspecified atom stereocenters. The molecule has 0 heterocycles. The molecule has 4 fully saturated rings. The van der Waals surface area contributed by atoms with Gasteiger partial charge in [-0.1, -0.05) is 42.8 Å². The number of fused-ring (bicyclic) bond motifs is 2. The number of halogens is 4. The molecule has 0 spiro atoms. The molecule has 0 amide bonds. The molecule has 170 valence electrons. The largest absolute Gasteiger partial charge is 0.417 e. The number of rotatable bonds is 3. The van der Waals surface area contributed by atoms with E-state index in [1.54, 1.807) is 12.1 Å². The Morgan fingerprint density at radius 3 is 2.25 bits per heavy atom. The highest BCUT2D eigenvalue weighted by atomic mass is 35.5. The van der Waals surface area contributed by atoms with Crippen molar-refractivity contribution < 1.29 is 23.1 Å². The third-order valence-electron chi connectivity index (χ3n) is 8.12. The lowest BCUT2D eigenvalue weighted by molar-refractivity contribution is -0.137. The van der Waals surface area contributed by atoms with Crippen molar-refractivity contribution in [3.63, 3.8) is 0 Å². The van der Waals surface area contributed by atoms with E-state index < -0.39 is 23.8 Å². The van der Waals surface area contributed by atoms with Crippen LogP contribution in [0.4, 0.5) is 13.2 Å². The average Bonchev–Trinajstić information content (AvgIpc) is 3.06. The van der Waals surface area contributed by atoms with Crippen LogP contribution in [0.3, 0.4) is 0 Å². The third-order valence-corrected chi connectivity index (χ3v) is 8.45. The van der Waals surface area contributed by atoms with Crippen molar-refractivity contribution in [2.45, 2.75) is 57.2 Å². The van der Waals surface area contributed by atoms with Crippen LogP contribution in [0.25, 0.3) is 11.1 Å². The zero-order chi connectivity index (χ0) is 22.8. The molecule has 6 rings (SSSR count). The Morgan fingerprint density at radius 2 is 1.62 bits per heavy atom. The molecular weight excluding hydrogens is 437 g/mol. The fourth-order valence-corrected chi connectivity index (χ4v) is 6.88. The molecular formula is C26H26ClF3O2. The number of aliphatic hydroxyl groups is 1. The molecule has 0 aromatic heterocycles. The first-order valence-electron chi connectivity index (χ1n) is 11.4. The van der Waals surface area contributed by atoms with Gasteiger partial charge < -0.3 is 5.11 Å². The first-order valence-corrected chi connectivity index (χ1v) is 11.8. The Bertz CT molecular complexity index is 1060. The van der Waals surface area contributed by atoms with Crippen molar-refractivity contribution in [2.24, 2.45) is 23.7 Å². The van der Waals surface area contributed by atoms with Crippen LogP contribution in [0, 0.1) is 23.7 Å². The standard InChI is InChI=1S/C26H26ClF3O2/c1-2-13-3-8-16(17-9-10-20(27)19(12-17)26(28,29)30)11-18(13)23-24(31)21-14-4-5-15(7-6-14)22(21)25(23)32/h3,8-12,14-15,21-24,31H,2,4-7H2,1H3. The van der Waals surface area contributed by atoms with Gasteiger partial charge in [-0.05, 0) is 84.2 Å². The number of aryl methyl sites for hydroxylation is 1. The van der Waals surface area contributed by atoms with Crippen molar-refractivity contribution in [1.82, 2.24) is 0 Å². The second-order valence-electron chi connectivity index (χ2n) is 9.61. The highest BCUT2D eigenvalue weighted by molar-refractivity contribution is 6.31. The van der Waals surface area contributed by atoms with Crippen LogP contribution < -0.4 is 0 Å². The molecule has 4 aliphatic rings. The van der Waals surface area contributed by atoms with Crippen molar-refractivity contribution in [3.8, 4) is 11.1 Å². The smallest absolute Gasteiger partial charge is 0.392 e. The monoisotopic (exact) mass is 462 g/mol. The molecule has 0 aliphatic heterocycles. The van der Waals surface area contributed by atoms with Gasteiger partial charge in [0, 0.05) is 5.92 Å². The predicted octanol–water partition coefficient (Wildman–Crippen LogP) is 6.67. The van der Waals surface area contributed by atoms with Crippen LogP contribution in [0.5, 0.6) is 0 Å². The fourth-order valence-electron chi connectivity index (χ4n) is 6.65. The van der Waals surface area contributed by atoms with Crippen LogP contribution >= 0.6 is 11.6 Å². The van der Waals surface area contributed by atoms with E-state index >= 15 is 0 Å². The van der Waals surface area contributed by atoms with Gasteiger partial charge in [0.1, 0.15) is 5.78 Å². The zero-order valence-electron chi connectivity index (χ0n) is 17.8. The topological polar surface area (TPSA) is 37.3 Å². The van der Waals surface area contributed by atoms with E-state index in [1.165, 1.54) is 6.07 Å². The van der Waals surface area contributed by atoms with Gasteiger partial charge >= 0.3 is 6.18 Å². The third kappa shape index (κ3) is 3.40. The summed E-state index contributed by atoms with van der Waals surface area (Å²) in [6, 6.07) is 9.36. The van der Waals surface area contributed by atoms with Gasteiger partial charge in [0.05, 0.1) is 22.6 Å². The molecule has 4 saturated carbocycles. The SMILES string of the molecule is CCc1ccc(-c2ccc(Cl)c(C(F)(F)F)c2)cc1C1C(=O)C2C3CCC(CC3)C2C1O. The first-order chi connectivity index (χ1) is 15.2. The molecule has 1 N–H and O–H groups in total. The van der Waals surface area contributed by atoms with Gasteiger partial charge in [-0.2, -0.15) is 13.2 Å². The van der Waals surface area contributed by atoms with E-state index in [0.29, 0.717) is 29.4 Å².